The average molecular weight is 333 g/mol. The Hall–Kier alpha value is -2.79. The summed E-state index contributed by atoms with van der Waals surface area (Å²) in [6.07, 6.45) is 0.653. The zero-order chi connectivity index (χ0) is 16.8. The second kappa shape index (κ2) is 7.47. The van der Waals surface area contributed by atoms with Crippen molar-refractivity contribution in [2.75, 3.05) is 0 Å². The summed E-state index contributed by atoms with van der Waals surface area (Å²) in [4.78, 5) is 21.5. The number of hydrogen-bond donors (Lipinski definition) is 2. The van der Waals surface area contributed by atoms with Gasteiger partial charge in [-0.15, -0.1) is 0 Å². The van der Waals surface area contributed by atoms with Gasteiger partial charge >= 0.3 is 5.97 Å². The molecule has 5 nitrogen and oxygen atoms in total. The zero-order valence-electron chi connectivity index (χ0n) is 11.9. The van der Waals surface area contributed by atoms with Crippen molar-refractivity contribution in [1.82, 2.24) is 0 Å². The van der Waals surface area contributed by atoms with Gasteiger partial charge in [-0.25, -0.2) is 4.79 Å². The molecule has 0 unspecified atom stereocenters. The molecule has 0 amide bonds. The lowest BCUT2D eigenvalue weighted by atomic mass is 10.1. The third-order valence-corrected chi connectivity index (χ3v) is 3.18. The standard InChI is InChI=1S/C17H13ClO5/c18-13-6-4-11(5-7-13)10-23-14-3-1-2-12(8-14)15(19)9-16(20)17(21)22/h1-9,19H,10H2,(H,21,22)/b15-9-. The van der Waals surface area contributed by atoms with Gasteiger partial charge < -0.3 is 14.9 Å². The van der Waals surface area contributed by atoms with Gasteiger partial charge in [0.25, 0.3) is 5.78 Å². The Morgan fingerprint density at radius 3 is 2.43 bits per heavy atom. The second-order valence-corrected chi connectivity index (χ2v) is 5.08. The van der Waals surface area contributed by atoms with E-state index in [1.807, 2.05) is 12.1 Å². The minimum atomic E-state index is -1.63. The van der Waals surface area contributed by atoms with Crippen molar-refractivity contribution in [3.05, 3.63) is 70.8 Å². The molecule has 0 aliphatic heterocycles. The normalized spacial score (nSPS) is 11.1. The highest BCUT2D eigenvalue weighted by Gasteiger charge is 2.11. The number of carboxylic acid groups (broad SMARTS) is 1. The fourth-order valence-corrected chi connectivity index (χ4v) is 1.89. The third-order valence-electron chi connectivity index (χ3n) is 2.93. The van der Waals surface area contributed by atoms with Crippen molar-refractivity contribution < 1.29 is 24.5 Å². The zero-order valence-corrected chi connectivity index (χ0v) is 12.7. The molecule has 0 atom stereocenters. The van der Waals surface area contributed by atoms with Crippen LogP contribution in [0, 0.1) is 0 Å². The minimum absolute atomic E-state index is 0.285. The molecule has 2 rings (SSSR count). The van der Waals surface area contributed by atoms with E-state index in [0.717, 1.165) is 5.56 Å². The Kier molecular flexibility index (Phi) is 5.38. The summed E-state index contributed by atoms with van der Waals surface area (Å²) in [5.74, 6) is -2.80. The summed E-state index contributed by atoms with van der Waals surface area (Å²) in [5.41, 5.74) is 1.20. The number of carbonyl (C=O) groups excluding carboxylic acids is 1. The SMILES string of the molecule is O=C(O)C(=O)/C=C(\O)c1cccc(OCc2ccc(Cl)cc2)c1. The Bertz CT molecular complexity index is 750. The van der Waals surface area contributed by atoms with Gasteiger partial charge in [0.2, 0.25) is 0 Å². The lowest BCUT2D eigenvalue weighted by Crippen LogP contribution is -2.09. The van der Waals surface area contributed by atoms with Crippen molar-refractivity contribution in [2.45, 2.75) is 6.61 Å². The molecule has 0 heterocycles. The molecule has 0 saturated carbocycles. The summed E-state index contributed by atoms with van der Waals surface area (Å²) < 4.78 is 5.59. The van der Waals surface area contributed by atoms with Crippen LogP contribution in [-0.2, 0) is 16.2 Å². The Morgan fingerprint density at radius 1 is 1.09 bits per heavy atom. The molecule has 118 valence electrons. The van der Waals surface area contributed by atoms with E-state index in [1.54, 1.807) is 24.3 Å². The van der Waals surface area contributed by atoms with Crippen LogP contribution in [0.2, 0.25) is 5.02 Å². The summed E-state index contributed by atoms with van der Waals surface area (Å²) in [7, 11) is 0. The largest absolute Gasteiger partial charge is 0.507 e. The molecule has 2 aromatic rings. The second-order valence-electron chi connectivity index (χ2n) is 4.64. The molecular weight excluding hydrogens is 320 g/mol. The highest BCUT2D eigenvalue weighted by molar-refractivity contribution is 6.38. The number of ether oxygens (including phenoxy) is 1. The van der Waals surface area contributed by atoms with E-state index in [9.17, 15) is 14.7 Å². The number of hydrogen-bond acceptors (Lipinski definition) is 4. The first-order chi connectivity index (χ1) is 11.0. The van der Waals surface area contributed by atoms with Crippen molar-refractivity contribution in [2.24, 2.45) is 0 Å². The average Bonchev–Trinajstić information content (AvgIpc) is 2.54. The number of halogens is 1. The van der Waals surface area contributed by atoms with E-state index in [2.05, 4.69) is 0 Å². The molecule has 0 aliphatic carbocycles. The van der Waals surface area contributed by atoms with Crippen LogP contribution in [0.15, 0.2) is 54.6 Å². The maximum Gasteiger partial charge on any atom is 0.376 e. The van der Waals surface area contributed by atoms with Crippen LogP contribution in [0.1, 0.15) is 11.1 Å². The highest BCUT2D eigenvalue weighted by Crippen LogP contribution is 2.20. The fraction of sp³-hybridized carbons (Fsp3) is 0.0588. The first kappa shape index (κ1) is 16.6. The van der Waals surface area contributed by atoms with Gasteiger partial charge in [-0.3, -0.25) is 4.79 Å². The molecule has 0 saturated heterocycles. The van der Waals surface area contributed by atoms with Gasteiger partial charge in [-0.1, -0.05) is 35.9 Å². The van der Waals surface area contributed by atoms with E-state index in [4.69, 9.17) is 21.4 Å². The molecule has 0 radical (unpaired) electrons. The smallest absolute Gasteiger partial charge is 0.376 e. The van der Waals surface area contributed by atoms with Gasteiger partial charge in [0.15, 0.2) is 0 Å². The molecule has 0 bridgehead atoms. The summed E-state index contributed by atoms with van der Waals surface area (Å²) in [6, 6.07) is 13.5. The first-order valence-electron chi connectivity index (χ1n) is 6.61. The minimum Gasteiger partial charge on any atom is -0.507 e. The molecular formula is C17H13ClO5. The highest BCUT2D eigenvalue weighted by atomic mass is 35.5. The maximum atomic E-state index is 11.1. The molecule has 2 aromatic carbocycles. The predicted octanol–water partition coefficient (Wildman–Crippen LogP) is 3.47. The summed E-state index contributed by atoms with van der Waals surface area (Å²) in [5, 5.41) is 18.9. The van der Waals surface area contributed by atoms with Crippen LogP contribution in [0.25, 0.3) is 5.76 Å². The monoisotopic (exact) mass is 332 g/mol. The van der Waals surface area contributed by atoms with E-state index < -0.39 is 17.5 Å². The lowest BCUT2D eigenvalue weighted by molar-refractivity contribution is -0.146. The number of carboxylic acids is 1. The van der Waals surface area contributed by atoms with Gasteiger partial charge in [0.1, 0.15) is 18.1 Å². The Morgan fingerprint density at radius 2 is 1.78 bits per heavy atom. The van der Waals surface area contributed by atoms with Crippen LogP contribution in [0.5, 0.6) is 5.75 Å². The molecule has 0 spiro atoms. The van der Waals surface area contributed by atoms with Crippen LogP contribution in [0.3, 0.4) is 0 Å². The maximum absolute atomic E-state index is 11.1. The molecule has 23 heavy (non-hydrogen) atoms. The van der Waals surface area contributed by atoms with Crippen molar-refractivity contribution in [3.63, 3.8) is 0 Å². The van der Waals surface area contributed by atoms with Crippen LogP contribution in [0.4, 0.5) is 0 Å². The molecule has 0 aliphatic rings. The molecule has 6 heteroatoms. The molecule has 0 aromatic heterocycles. The van der Waals surface area contributed by atoms with Crippen LogP contribution in [-0.4, -0.2) is 22.0 Å². The van der Waals surface area contributed by atoms with E-state index in [1.165, 1.54) is 12.1 Å². The summed E-state index contributed by atoms with van der Waals surface area (Å²) >= 11 is 5.80. The van der Waals surface area contributed by atoms with Gasteiger partial charge in [-0.2, -0.15) is 0 Å². The number of rotatable bonds is 6. The number of benzene rings is 2. The number of carbonyl (C=O) groups is 2. The predicted molar refractivity (Wildman–Crippen MR) is 85.5 cm³/mol. The quantitative estimate of drug-likeness (QED) is 0.480. The lowest BCUT2D eigenvalue weighted by Gasteiger charge is -2.08. The van der Waals surface area contributed by atoms with Crippen LogP contribution >= 0.6 is 11.6 Å². The van der Waals surface area contributed by atoms with Crippen molar-refractivity contribution in [3.8, 4) is 5.75 Å². The number of ketones is 1. The van der Waals surface area contributed by atoms with Crippen LogP contribution < -0.4 is 4.74 Å². The third kappa shape index (κ3) is 4.86. The van der Waals surface area contributed by atoms with Gasteiger partial charge in [0.05, 0.1) is 0 Å². The summed E-state index contributed by atoms with van der Waals surface area (Å²) in [6.45, 7) is 0.305. The first-order valence-corrected chi connectivity index (χ1v) is 6.99. The van der Waals surface area contributed by atoms with E-state index in [0.29, 0.717) is 23.5 Å². The topological polar surface area (TPSA) is 83.8 Å². The van der Waals surface area contributed by atoms with Crippen molar-refractivity contribution in [1.29, 1.82) is 0 Å². The molecule has 2 N–H and O–H groups in total. The van der Waals surface area contributed by atoms with Gasteiger partial charge in [-0.05, 0) is 29.8 Å². The number of aliphatic hydroxyl groups is 1. The number of aliphatic hydroxyl groups excluding tert-OH is 1. The fourth-order valence-electron chi connectivity index (χ4n) is 1.76. The Balaban J connectivity index is 2.09. The number of aliphatic carboxylic acids is 1. The molecule has 0 fully saturated rings. The van der Waals surface area contributed by atoms with E-state index in [-0.39, 0.29) is 5.56 Å². The van der Waals surface area contributed by atoms with E-state index >= 15 is 0 Å². The van der Waals surface area contributed by atoms with Crippen molar-refractivity contribution >= 4 is 29.1 Å². The Labute approximate surface area is 137 Å². The van der Waals surface area contributed by atoms with Gasteiger partial charge in [0, 0.05) is 16.7 Å².